The molecule has 2 atom stereocenters. The molecule has 1 aliphatic carbocycles. The average molecular weight is 275 g/mol. The van der Waals surface area contributed by atoms with E-state index in [0.717, 1.165) is 30.6 Å². The number of nitrogens with one attached hydrogen (secondary N) is 1. The largest absolute Gasteiger partial charge is 0.497 e. The lowest BCUT2D eigenvalue weighted by Crippen LogP contribution is -2.37. The molecule has 0 spiro atoms. The predicted molar refractivity (Wildman–Crippen MR) is 78.4 cm³/mol. The van der Waals surface area contributed by atoms with Crippen LogP contribution in [0.3, 0.4) is 0 Å². The van der Waals surface area contributed by atoms with Crippen molar-refractivity contribution < 1.29 is 14.6 Å². The fourth-order valence-corrected chi connectivity index (χ4v) is 2.56. The van der Waals surface area contributed by atoms with Crippen molar-refractivity contribution >= 4 is 12.0 Å². The number of benzene rings is 1. The van der Waals surface area contributed by atoms with Crippen LogP contribution < -0.4 is 10.1 Å². The first-order chi connectivity index (χ1) is 9.72. The quantitative estimate of drug-likeness (QED) is 0.808. The summed E-state index contributed by atoms with van der Waals surface area (Å²) in [6.45, 7) is 0.146. The van der Waals surface area contributed by atoms with Crippen LogP contribution in [-0.4, -0.2) is 30.8 Å². The van der Waals surface area contributed by atoms with Gasteiger partial charge in [-0.25, -0.2) is 0 Å². The molecule has 108 valence electrons. The Labute approximate surface area is 119 Å². The van der Waals surface area contributed by atoms with E-state index < -0.39 is 0 Å². The second-order valence-corrected chi connectivity index (χ2v) is 5.10. The summed E-state index contributed by atoms with van der Waals surface area (Å²) < 4.78 is 5.08. The Kier molecular flexibility index (Phi) is 5.18. The number of aliphatic hydroxyl groups excluding tert-OH is 1. The molecule has 2 unspecified atom stereocenters. The van der Waals surface area contributed by atoms with E-state index >= 15 is 0 Å². The highest BCUT2D eigenvalue weighted by atomic mass is 16.5. The first kappa shape index (κ1) is 14.6. The van der Waals surface area contributed by atoms with Crippen molar-refractivity contribution in [3.8, 4) is 5.75 Å². The zero-order valence-electron chi connectivity index (χ0n) is 11.7. The molecule has 0 saturated heterocycles. The van der Waals surface area contributed by atoms with Crippen LogP contribution in [0, 0.1) is 5.92 Å². The van der Waals surface area contributed by atoms with E-state index in [4.69, 9.17) is 4.74 Å². The molecule has 2 N–H and O–H groups in total. The van der Waals surface area contributed by atoms with Crippen molar-refractivity contribution in [2.45, 2.75) is 25.3 Å². The SMILES string of the molecule is COc1ccc(/C=C/C(=O)NC2CCCC2CO)cc1. The molecule has 1 amide bonds. The number of methoxy groups -OCH3 is 1. The Morgan fingerprint density at radius 3 is 2.80 bits per heavy atom. The summed E-state index contributed by atoms with van der Waals surface area (Å²) >= 11 is 0. The Morgan fingerprint density at radius 1 is 1.40 bits per heavy atom. The van der Waals surface area contributed by atoms with Crippen molar-refractivity contribution in [3.05, 3.63) is 35.9 Å². The van der Waals surface area contributed by atoms with E-state index in [1.807, 2.05) is 24.3 Å². The number of hydrogen-bond donors (Lipinski definition) is 2. The van der Waals surface area contributed by atoms with Gasteiger partial charge in [0, 0.05) is 24.6 Å². The highest BCUT2D eigenvalue weighted by Crippen LogP contribution is 2.24. The normalized spacial score (nSPS) is 22.1. The van der Waals surface area contributed by atoms with Gasteiger partial charge in [0.05, 0.1) is 7.11 Å². The Balaban J connectivity index is 1.88. The molecule has 0 bridgehead atoms. The second kappa shape index (κ2) is 7.10. The zero-order valence-corrected chi connectivity index (χ0v) is 11.7. The predicted octanol–water partition coefficient (Wildman–Crippen LogP) is 1.99. The van der Waals surface area contributed by atoms with E-state index in [2.05, 4.69) is 5.32 Å². The number of rotatable bonds is 5. The summed E-state index contributed by atoms with van der Waals surface area (Å²) in [6, 6.07) is 7.61. The third kappa shape index (κ3) is 3.84. The monoisotopic (exact) mass is 275 g/mol. The van der Waals surface area contributed by atoms with Gasteiger partial charge in [-0.2, -0.15) is 0 Å². The number of amides is 1. The molecule has 0 aliphatic heterocycles. The second-order valence-electron chi connectivity index (χ2n) is 5.10. The van der Waals surface area contributed by atoms with E-state index in [1.54, 1.807) is 13.2 Å². The molecular weight excluding hydrogens is 254 g/mol. The zero-order chi connectivity index (χ0) is 14.4. The summed E-state index contributed by atoms with van der Waals surface area (Å²) in [5.74, 6) is 0.892. The van der Waals surface area contributed by atoms with Gasteiger partial charge in [0.1, 0.15) is 5.75 Å². The molecule has 0 heterocycles. The number of carbonyl (C=O) groups is 1. The fourth-order valence-electron chi connectivity index (χ4n) is 2.56. The van der Waals surface area contributed by atoms with Crippen LogP contribution in [0.4, 0.5) is 0 Å². The van der Waals surface area contributed by atoms with Gasteiger partial charge in [0.15, 0.2) is 0 Å². The maximum Gasteiger partial charge on any atom is 0.244 e. The molecule has 2 rings (SSSR count). The van der Waals surface area contributed by atoms with Crippen LogP contribution in [0.25, 0.3) is 6.08 Å². The number of ether oxygens (including phenoxy) is 1. The topological polar surface area (TPSA) is 58.6 Å². The van der Waals surface area contributed by atoms with Gasteiger partial charge in [-0.3, -0.25) is 4.79 Å². The van der Waals surface area contributed by atoms with Crippen molar-refractivity contribution in [1.29, 1.82) is 0 Å². The van der Waals surface area contributed by atoms with Gasteiger partial charge < -0.3 is 15.2 Å². The standard InChI is InChI=1S/C16H21NO3/c1-20-14-8-5-12(6-9-14)7-10-16(19)17-15-4-2-3-13(15)11-18/h5-10,13,15,18H,2-4,11H2,1H3,(H,17,19)/b10-7+. The highest BCUT2D eigenvalue weighted by molar-refractivity contribution is 5.91. The minimum atomic E-state index is -0.105. The summed E-state index contributed by atoms with van der Waals surface area (Å²) in [6.07, 6.45) is 6.32. The fraction of sp³-hybridized carbons (Fsp3) is 0.438. The minimum absolute atomic E-state index is 0.105. The Hall–Kier alpha value is -1.81. The molecule has 1 aromatic rings. The van der Waals surface area contributed by atoms with Crippen molar-refractivity contribution in [1.82, 2.24) is 5.32 Å². The Bertz CT molecular complexity index is 467. The lowest BCUT2D eigenvalue weighted by Gasteiger charge is -2.17. The summed E-state index contributed by atoms with van der Waals surface area (Å²) in [4.78, 5) is 11.9. The highest BCUT2D eigenvalue weighted by Gasteiger charge is 2.27. The van der Waals surface area contributed by atoms with Gasteiger partial charge >= 0.3 is 0 Å². The van der Waals surface area contributed by atoms with Crippen LogP contribution in [0.1, 0.15) is 24.8 Å². The number of carbonyl (C=O) groups excluding carboxylic acids is 1. The van der Waals surface area contributed by atoms with Crippen molar-refractivity contribution in [2.24, 2.45) is 5.92 Å². The van der Waals surface area contributed by atoms with Crippen LogP contribution >= 0.6 is 0 Å². The van der Waals surface area contributed by atoms with Gasteiger partial charge in [-0.15, -0.1) is 0 Å². The summed E-state index contributed by atoms with van der Waals surface area (Å²) in [5, 5.41) is 12.2. The minimum Gasteiger partial charge on any atom is -0.497 e. The molecule has 4 nitrogen and oxygen atoms in total. The van der Waals surface area contributed by atoms with Gasteiger partial charge in [0.2, 0.25) is 5.91 Å². The first-order valence-corrected chi connectivity index (χ1v) is 6.96. The van der Waals surface area contributed by atoms with Crippen molar-refractivity contribution in [2.75, 3.05) is 13.7 Å². The van der Waals surface area contributed by atoms with Crippen LogP contribution in [-0.2, 0) is 4.79 Å². The number of hydrogen-bond acceptors (Lipinski definition) is 3. The molecule has 4 heteroatoms. The molecule has 1 fully saturated rings. The van der Waals surface area contributed by atoms with Gasteiger partial charge in [0.25, 0.3) is 0 Å². The maximum absolute atomic E-state index is 11.9. The lowest BCUT2D eigenvalue weighted by atomic mass is 10.1. The molecule has 1 aliphatic rings. The van der Waals surface area contributed by atoms with E-state index in [9.17, 15) is 9.90 Å². The maximum atomic E-state index is 11.9. The third-order valence-corrected chi connectivity index (χ3v) is 3.76. The van der Waals surface area contributed by atoms with Crippen LogP contribution in [0.5, 0.6) is 5.75 Å². The molecule has 1 saturated carbocycles. The summed E-state index contributed by atoms with van der Waals surface area (Å²) in [7, 11) is 1.62. The van der Waals surface area contributed by atoms with E-state index in [1.165, 1.54) is 6.08 Å². The lowest BCUT2D eigenvalue weighted by molar-refractivity contribution is -0.117. The van der Waals surface area contributed by atoms with Crippen LogP contribution in [0.2, 0.25) is 0 Å². The van der Waals surface area contributed by atoms with E-state index in [0.29, 0.717) is 0 Å². The number of aliphatic hydroxyl groups is 1. The smallest absolute Gasteiger partial charge is 0.244 e. The van der Waals surface area contributed by atoms with Crippen LogP contribution in [0.15, 0.2) is 30.3 Å². The summed E-state index contributed by atoms with van der Waals surface area (Å²) in [5.41, 5.74) is 0.950. The molecule has 0 radical (unpaired) electrons. The molecular formula is C16H21NO3. The van der Waals surface area contributed by atoms with Gasteiger partial charge in [-0.1, -0.05) is 18.6 Å². The molecule has 1 aromatic carbocycles. The third-order valence-electron chi connectivity index (χ3n) is 3.76. The van der Waals surface area contributed by atoms with Gasteiger partial charge in [-0.05, 0) is 36.6 Å². The molecule has 20 heavy (non-hydrogen) atoms. The Morgan fingerprint density at radius 2 is 2.15 bits per heavy atom. The van der Waals surface area contributed by atoms with E-state index in [-0.39, 0.29) is 24.5 Å². The average Bonchev–Trinajstić information content (AvgIpc) is 2.92. The molecule has 0 aromatic heterocycles. The van der Waals surface area contributed by atoms with Crippen molar-refractivity contribution in [3.63, 3.8) is 0 Å². The first-order valence-electron chi connectivity index (χ1n) is 6.96.